The number of carbonyl (C=O) groups is 1. The number of fused-ring (bicyclic) bond motifs is 1. The molecule has 191 valence electrons. The van der Waals surface area contributed by atoms with Crippen LogP contribution in [0.3, 0.4) is 0 Å². The van der Waals surface area contributed by atoms with E-state index in [2.05, 4.69) is 56.3 Å². The van der Waals surface area contributed by atoms with Crippen molar-refractivity contribution in [3.05, 3.63) is 77.2 Å². The van der Waals surface area contributed by atoms with Crippen molar-refractivity contribution in [1.82, 2.24) is 4.98 Å². The number of pyridine rings is 1. The molecule has 4 aliphatic carbocycles. The van der Waals surface area contributed by atoms with E-state index in [9.17, 15) is 4.79 Å². The SMILES string of the molecule is CC(=O)/C=C(/C)O.Cc1[c-]c(-c2nccc3ccc(C45CC6CC(CC(C6)C4)C5)cc23)cc(C)c1.[Ir]. The average molecular weight is 659 g/mol. The smallest absolute Gasteiger partial charge is 0.155 e. The van der Waals surface area contributed by atoms with Crippen LogP contribution in [0.5, 0.6) is 0 Å². The molecule has 1 radical (unpaired) electrons. The van der Waals surface area contributed by atoms with Crippen LogP contribution in [-0.4, -0.2) is 15.9 Å². The van der Waals surface area contributed by atoms with Crippen LogP contribution in [0.25, 0.3) is 22.0 Å². The van der Waals surface area contributed by atoms with Crippen LogP contribution in [0.4, 0.5) is 0 Å². The van der Waals surface area contributed by atoms with Crippen molar-refractivity contribution in [1.29, 1.82) is 0 Å². The maximum Gasteiger partial charge on any atom is 0.155 e. The number of benzene rings is 2. The molecule has 0 aliphatic heterocycles. The van der Waals surface area contributed by atoms with Crippen LogP contribution in [0, 0.1) is 37.7 Å². The second-order valence-electron chi connectivity index (χ2n) is 11.4. The van der Waals surface area contributed by atoms with Crippen LogP contribution in [0.1, 0.15) is 69.1 Å². The summed E-state index contributed by atoms with van der Waals surface area (Å²) in [7, 11) is 0. The summed E-state index contributed by atoms with van der Waals surface area (Å²) < 4.78 is 0. The van der Waals surface area contributed by atoms with Gasteiger partial charge < -0.3 is 10.1 Å². The zero-order valence-electron chi connectivity index (χ0n) is 21.7. The Morgan fingerprint density at radius 2 is 1.64 bits per heavy atom. The Balaban J connectivity index is 0.000000338. The molecule has 0 saturated heterocycles. The van der Waals surface area contributed by atoms with Gasteiger partial charge in [-0.3, -0.25) is 4.79 Å². The van der Waals surface area contributed by atoms with Crippen molar-refractivity contribution in [2.45, 2.75) is 71.6 Å². The summed E-state index contributed by atoms with van der Waals surface area (Å²) in [6.45, 7) is 7.14. The first kappa shape index (κ1) is 26.8. The molecule has 4 aliphatic rings. The number of aromatic nitrogens is 1. The fourth-order valence-electron chi connectivity index (χ4n) is 7.49. The summed E-state index contributed by atoms with van der Waals surface area (Å²) in [4.78, 5) is 14.8. The van der Waals surface area contributed by atoms with Crippen molar-refractivity contribution >= 4 is 16.6 Å². The third-order valence-electron chi connectivity index (χ3n) is 8.23. The maximum atomic E-state index is 10.0. The van der Waals surface area contributed by atoms with Crippen LogP contribution in [0.15, 0.2) is 54.4 Å². The fraction of sp³-hybridized carbons (Fsp3) is 0.438. The number of aliphatic hydroxyl groups excluding tert-OH is 1. The van der Waals surface area contributed by atoms with E-state index in [1.54, 1.807) is 5.56 Å². The Morgan fingerprint density at radius 1 is 1.00 bits per heavy atom. The predicted octanol–water partition coefficient (Wildman–Crippen LogP) is 7.82. The Bertz CT molecular complexity index is 1250. The first-order chi connectivity index (χ1) is 16.7. The Labute approximate surface area is 228 Å². The number of ketones is 1. The van der Waals surface area contributed by atoms with Gasteiger partial charge in [0.2, 0.25) is 0 Å². The molecule has 4 fully saturated rings. The number of rotatable bonds is 3. The minimum atomic E-state index is -0.125. The van der Waals surface area contributed by atoms with E-state index in [0.717, 1.165) is 29.0 Å². The van der Waals surface area contributed by atoms with Gasteiger partial charge in [0, 0.05) is 32.4 Å². The first-order valence-electron chi connectivity index (χ1n) is 13.0. The topological polar surface area (TPSA) is 50.2 Å². The monoisotopic (exact) mass is 659 g/mol. The molecule has 4 bridgehead atoms. The van der Waals surface area contributed by atoms with Gasteiger partial charge in [0.15, 0.2) is 5.78 Å². The van der Waals surface area contributed by atoms with Gasteiger partial charge in [-0.15, -0.1) is 34.9 Å². The number of aryl methyl sites for hydroxylation is 2. The van der Waals surface area contributed by atoms with E-state index in [1.165, 1.54) is 80.3 Å². The largest absolute Gasteiger partial charge is 0.512 e. The second-order valence-corrected chi connectivity index (χ2v) is 11.4. The third-order valence-corrected chi connectivity index (χ3v) is 8.23. The van der Waals surface area contributed by atoms with Gasteiger partial charge in [0.25, 0.3) is 0 Å². The normalized spacial score (nSPS) is 26.2. The van der Waals surface area contributed by atoms with Crippen molar-refractivity contribution in [3.63, 3.8) is 0 Å². The van der Waals surface area contributed by atoms with Crippen molar-refractivity contribution in [2.24, 2.45) is 17.8 Å². The van der Waals surface area contributed by atoms with Gasteiger partial charge >= 0.3 is 0 Å². The molecular weight excluding hydrogens is 623 g/mol. The standard InChI is InChI=1S/C27H28N.C5H8O2.Ir/c1-17-7-18(2)9-23(8-17)26-25-13-24(4-3-22(25)5-6-28-26)27-14-19-10-20(15-27)12-21(11-19)16-27;1-4(6)3-5(2)7;/h3-8,13,19-21H,10-12,14-16H2,1-2H3;3,6H,1-2H3;/q-1;;/b;4-3-;. The number of nitrogens with zero attached hydrogens (tertiary/aromatic N) is 1. The molecule has 0 amide bonds. The Kier molecular flexibility index (Phi) is 7.88. The van der Waals surface area contributed by atoms with Gasteiger partial charge in [-0.2, -0.15) is 0 Å². The van der Waals surface area contributed by atoms with Gasteiger partial charge in [0.05, 0.1) is 5.76 Å². The molecule has 0 spiro atoms. The van der Waals surface area contributed by atoms with E-state index in [-0.39, 0.29) is 31.6 Å². The summed E-state index contributed by atoms with van der Waals surface area (Å²) in [5.74, 6) is 2.86. The maximum absolute atomic E-state index is 10.0. The van der Waals surface area contributed by atoms with E-state index < -0.39 is 0 Å². The van der Waals surface area contributed by atoms with Crippen LogP contribution >= 0.6 is 0 Å². The average Bonchev–Trinajstić information content (AvgIpc) is 2.76. The molecule has 0 atom stereocenters. The van der Waals surface area contributed by atoms with Crippen LogP contribution in [-0.2, 0) is 30.3 Å². The Morgan fingerprint density at radius 3 is 2.17 bits per heavy atom. The van der Waals surface area contributed by atoms with E-state index in [1.807, 2.05) is 6.20 Å². The molecule has 2 aromatic carbocycles. The second kappa shape index (κ2) is 10.6. The van der Waals surface area contributed by atoms with E-state index in [4.69, 9.17) is 10.1 Å². The molecule has 3 aromatic rings. The summed E-state index contributed by atoms with van der Waals surface area (Å²) in [6.07, 6.45) is 11.8. The number of carbonyl (C=O) groups excluding carboxylic acids is 1. The zero-order chi connectivity index (χ0) is 24.7. The molecule has 1 heterocycles. The van der Waals surface area contributed by atoms with E-state index in [0.29, 0.717) is 5.41 Å². The number of allylic oxidation sites excluding steroid dienone is 2. The number of hydrogen-bond acceptors (Lipinski definition) is 3. The first-order valence-corrected chi connectivity index (χ1v) is 13.0. The third kappa shape index (κ3) is 5.50. The minimum absolute atomic E-state index is 0. The molecule has 4 heteroatoms. The molecule has 3 nitrogen and oxygen atoms in total. The molecule has 1 N–H and O–H groups in total. The zero-order valence-corrected chi connectivity index (χ0v) is 24.1. The summed E-state index contributed by atoms with van der Waals surface area (Å²) >= 11 is 0. The molecule has 1 aromatic heterocycles. The molecule has 36 heavy (non-hydrogen) atoms. The van der Waals surface area contributed by atoms with Gasteiger partial charge in [-0.1, -0.05) is 32.0 Å². The van der Waals surface area contributed by atoms with Crippen molar-refractivity contribution in [3.8, 4) is 11.3 Å². The number of aliphatic hydroxyl groups is 1. The van der Waals surface area contributed by atoms with Gasteiger partial charge in [0.1, 0.15) is 0 Å². The molecule has 7 rings (SSSR count). The van der Waals surface area contributed by atoms with Crippen LogP contribution < -0.4 is 0 Å². The Hall–Kier alpha value is -2.29. The number of hydrogen-bond donors (Lipinski definition) is 1. The summed E-state index contributed by atoms with van der Waals surface area (Å²) in [6, 6.07) is 17.4. The fourth-order valence-corrected chi connectivity index (χ4v) is 7.49. The molecule has 4 saturated carbocycles. The summed E-state index contributed by atoms with van der Waals surface area (Å²) in [5.41, 5.74) is 6.70. The van der Waals surface area contributed by atoms with Crippen LogP contribution in [0.2, 0.25) is 0 Å². The van der Waals surface area contributed by atoms with Crippen molar-refractivity contribution in [2.75, 3.05) is 0 Å². The quantitative estimate of drug-likeness (QED) is 0.177. The van der Waals surface area contributed by atoms with E-state index >= 15 is 0 Å². The van der Waals surface area contributed by atoms with Gasteiger partial charge in [-0.25, -0.2) is 0 Å². The molecular formula is C32H36IrNO2-. The summed E-state index contributed by atoms with van der Waals surface area (Å²) in [5, 5.41) is 11.0. The predicted molar refractivity (Wildman–Crippen MR) is 142 cm³/mol. The molecule has 0 unspecified atom stereocenters. The van der Waals surface area contributed by atoms with Gasteiger partial charge in [-0.05, 0) is 104 Å². The minimum Gasteiger partial charge on any atom is -0.512 e. The van der Waals surface area contributed by atoms with Crippen molar-refractivity contribution < 1.29 is 30.0 Å².